The molecule has 0 unspecified atom stereocenters. The molecule has 0 aromatic carbocycles. The van der Waals surface area contributed by atoms with Crippen molar-refractivity contribution in [1.82, 2.24) is 0 Å². The molecule has 1 aliphatic rings. The number of hydrogen-bond acceptors (Lipinski definition) is 1. The summed E-state index contributed by atoms with van der Waals surface area (Å²) in [5.41, 5.74) is 1.48. The van der Waals surface area contributed by atoms with Gasteiger partial charge >= 0.3 is 6.36 Å². The largest absolute Gasteiger partial charge is 0.522 e. The van der Waals surface area contributed by atoms with Crippen LogP contribution in [0.1, 0.15) is 52.9 Å². The fourth-order valence-electron chi connectivity index (χ4n) is 1.62. The van der Waals surface area contributed by atoms with E-state index < -0.39 is 6.36 Å². The van der Waals surface area contributed by atoms with Crippen molar-refractivity contribution >= 4 is 0 Å². The van der Waals surface area contributed by atoms with E-state index in [0.29, 0.717) is 7.11 Å². The van der Waals surface area contributed by atoms with Crippen LogP contribution in [-0.2, 0) is 4.74 Å². The Morgan fingerprint density at radius 2 is 1.59 bits per heavy atom. The predicted molar refractivity (Wildman–Crippen MR) is 65.8 cm³/mol. The Hall–Kier alpha value is -0.510. The maximum Gasteiger partial charge on any atom is 0.522 e. The van der Waals surface area contributed by atoms with Gasteiger partial charge in [0.05, 0.1) is 0 Å². The highest BCUT2D eigenvalue weighted by molar-refractivity contribution is 5.01. The third-order valence-electron chi connectivity index (χ3n) is 2.62. The standard InChI is InChI=1S/C9H16.C2H3F3O.C2H6/c1-3-8(2)9-6-4-5-7-9;1-6-2(3,4)5;1-2/h9H,2-7H2,1H3;1H3;1-2H3. The molecular weight excluding hydrogens is 229 g/mol. The van der Waals surface area contributed by atoms with Crippen molar-refractivity contribution in [3.8, 4) is 0 Å². The molecule has 0 aliphatic heterocycles. The van der Waals surface area contributed by atoms with Gasteiger partial charge in [-0.3, -0.25) is 4.74 Å². The van der Waals surface area contributed by atoms with Crippen LogP contribution in [0.4, 0.5) is 13.2 Å². The van der Waals surface area contributed by atoms with Crippen molar-refractivity contribution in [1.29, 1.82) is 0 Å². The zero-order valence-corrected chi connectivity index (χ0v) is 11.4. The molecule has 1 rings (SSSR count). The lowest BCUT2D eigenvalue weighted by Crippen LogP contribution is -2.08. The first kappa shape index (κ1) is 18.8. The molecule has 1 nitrogen and oxygen atoms in total. The van der Waals surface area contributed by atoms with E-state index in [1.54, 1.807) is 0 Å². The second-order valence-electron chi connectivity index (χ2n) is 3.64. The molecule has 0 N–H and O–H groups in total. The number of alkyl halides is 3. The summed E-state index contributed by atoms with van der Waals surface area (Å²) in [4.78, 5) is 0. The van der Waals surface area contributed by atoms with Crippen molar-refractivity contribution in [2.24, 2.45) is 5.92 Å². The number of halogens is 3. The first-order valence-electron chi connectivity index (χ1n) is 6.20. The van der Waals surface area contributed by atoms with Crippen molar-refractivity contribution < 1.29 is 17.9 Å². The van der Waals surface area contributed by atoms with Crippen molar-refractivity contribution in [2.75, 3.05) is 7.11 Å². The Labute approximate surface area is 103 Å². The minimum Gasteiger partial charge on any atom is -0.295 e. The number of rotatable bonds is 2. The quantitative estimate of drug-likeness (QED) is 0.606. The lowest BCUT2D eigenvalue weighted by molar-refractivity contribution is -0.311. The molecule has 1 aliphatic carbocycles. The van der Waals surface area contributed by atoms with E-state index in [4.69, 9.17) is 0 Å². The highest BCUT2D eigenvalue weighted by atomic mass is 19.4. The van der Waals surface area contributed by atoms with Gasteiger partial charge in [0.25, 0.3) is 0 Å². The van der Waals surface area contributed by atoms with Crippen LogP contribution in [0.15, 0.2) is 12.2 Å². The van der Waals surface area contributed by atoms with Gasteiger partial charge in [-0.05, 0) is 25.2 Å². The maximum atomic E-state index is 10.6. The highest BCUT2D eigenvalue weighted by Crippen LogP contribution is 2.31. The molecule has 0 atom stereocenters. The van der Waals surface area contributed by atoms with Gasteiger partial charge in [0.15, 0.2) is 0 Å². The average molecular weight is 254 g/mol. The van der Waals surface area contributed by atoms with E-state index in [1.807, 2.05) is 13.8 Å². The minimum absolute atomic E-state index is 0.583. The molecule has 0 saturated heterocycles. The third kappa shape index (κ3) is 11.7. The second-order valence-corrected chi connectivity index (χ2v) is 3.64. The summed E-state index contributed by atoms with van der Waals surface area (Å²) >= 11 is 0. The Kier molecular flexibility index (Phi) is 11.8. The van der Waals surface area contributed by atoms with E-state index in [9.17, 15) is 13.2 Å². The molecule has 0 aromatic heterocycles. The van der Waals surface area contributed by atoms with Crippen LogP contribution in [0, 0.1) is 5.92 Å². The molecule has 17 heavy (non-hydrogen) atoms. The second kappa shape index (κ2) is 10.6. The highest BCUT2D eigenvalue weighted by Gasteiger charge is 2.25. The van der Waals surface area contributed by atoms with E-state index >= 15 is 0 Å². The summed E-state index contributed by atoms with van der Waals surface area (Å²) in [6, 6.07) is 0. The van der Waals surface area contributed by atoms with Gasteiger partial charge in [-0.25, -0.2) is 0 Å². The Balaban J connectivity index is 0. The Morgan fingerprint density at radius 3 is 1.82 bits per heavy atom. The number of ether oxygens (including phenoxy) is 1. The normalized spacial score (nSPS) is 15.5. The van der Waals surface area contributed by atoms with Crippen LogP contribution < -0.4 is 0 Å². The van der Waals surface area contributed by atoms with Gasteiger partial charge in [0.1, 0.15) is 0 Å². The number of allylic oxidation sites excluding steroid dienone is 1. The Morgan fingerprint density at radius 1 is 1.24 bits per heavy atom. The molecular formula is C13H25F3O. The van der Waals surface area contributed by atoms with Crippen molar-refractivity contribution in [3.63, 3.8) is 0 Å². The average Bonchev–Trinajstić information content (AvgIpc) is 2.84. The molecule has 0 bridgehead atoms. The fourth-order valence-corrected chi connectivity index (χ4v) is 1.62. The van der Waals surface area contributed by atoms with Crippen LogP contribution in [0.2, 0.25) is 0 Å². The van der Waals surface area contributed by atoms with Crippen molar-refractivity contribution in [3.05, 3.63) is 12.2 Å². The van der Waals surface area contributed by atoms with Crippen LogP contribution in [0.3, 0.4) is 0 Å². The van der Waals surface area contributed by atoms with Crippen LogP contribution in [0.25, 0.3) is 0 Å². The maximum absolute atomic E-state index is 10.6. The van der Waals surface area contributed by atoms with Gasteiger partial charge in [-0.15, -0.1) is 13.2 Å². The minimum atomic E-state index is -4.46. The SMILES string of the molecule is C=C(CC)C1CCCC1.CC.COC(F)(F)F. The summed E-state index contributed by atoms with van der Waals surface area (Å²) in [7, 11) is 0.583. The third-order valence-corrected chi connectivity index (χ3v) is 2.62. The molecule has 1 fully saturated rings. The first-order valence-corrected chi connectivity index (χ1v) is 6.20. The van der Waals surface area contributed by atoms with E-state index in [0.717, 1.165) is 5.92 Å². The fraction of sp³-hybridized carbons (Fsp3) is 0.846. The van der Waals surface area contributed by atoms with Gasteiger partial charge in [0, 0.05) is 7.11 Å². The van der Waals surface area contributed by atoms with Gasteiger partial charge in [0.2, 0.25) is 0 Å². The molecule has 0 heterocycles. The van der Waals surface area contributed by atoms with Gasteiger partial charge in [-0.1, -0.05) is 45.8 Å². The van der Waals surface area contributed by atoms with Gasteiger partial charge in [-0.2, -0.15) is 0 Å². The first-order chi connectivity index (χ1) is 7.90. The lowest BCUT2D eigenvalue weighted by atomic mass is 9.97. The molecule has 0 radical (unpaired) electrons. The van der Waals surface area contributed by atoms with Crippen molar-refractivity contribution in [2.45, 2.75) is 59.2 Å². The monoisotopic (exact) mass is 254 g/mol. The zero-order chi connectivity index (χ0) is 13.9. The number of hydrogen-bond donors (Lipinski definition) is 0. The lowest BCUT2D eigenvalue weighted by Gasteiger charge is -2.08. The zero-order valence-electron chi connectivity index (χ0n) is 11.4. The number of methoxy groups -OCH3 is 1. The molecule has 0 spiro atoms. The molecule has 0 aromatic rings. The van der Waals surface area contributed by atoms with E-state index in [1.165, 1.54) is 37.7 Å². The molecule has 4 heteroatoms. The van der Waals surface area contributed by atoms with Crippen LogP contribution in [0.5, 0.6) is 0 Å². The topological polar surface area (TPSA) is 9.23 Å². The summed E-state index contributed by atoms with van der Waals surface area (Å²) in [5, 5.41) is 0. The molecule has 0 amide bonds. The smallest absolute Gasteiger partial charge is 0.295 e. The van der Waals surface area contributed by atoms with Crippen LogP contribution in [-0.4, -0.2) is 13.5 Å². The van der Waals surface area contributed by atoms with E-state index in [-0.39, 0.29) is 0 Å². The summed E-state index contributed by atoms with van der Waals surface area (Å²) in [6.45, 7) is 10.3. The molecule has 104 valence electrons. The predicted octanol–water partition coefficient (Wildman–Crippen LogP) is 5.32. The summed E-state index contributed by atoms with van der Waals surface area (Å²) in [6.07, 6.45) is 2.41. The summed E-state index contributed by atoms with van der Waals surface area (Å²) < 4.78 is 34.6. The van der Waals surface area contributed by atoms with Crippen LogP contribution >= 0.6 is 0 Å². The summed E-state index contributed by atoms with van der Waals surface area (Å²) in [5.74, 6) is 0.884. The Bertz CT molecular complexity index is 182. The van der Waals surface area contributed by atoms with Gasteiger partial charge < -0.3 is 0 Å². The molecule has 1 saturated carbocycles. The van der Waals surface area contributed by atoms with E-state index in [2.05, 4.69) is 18.2 Å².